The van der Waals surface area contributed by atoms with E-state index in [4.69, 9.17) is 5.73 Å². The van der Waals surface area contributed by atoms with E-state index in [1.807, 2.05) is 26.0 Å². The third kappa shape index (κ3) is 2.59. The number of H-pyrrole nitrogens is 1. The Labute approximate surface area is 97.9 Å². The highest BCUT2D eigenvalue weighted by Gasteiger charge is 2.06. The summed E-state index contributed by atoms with van der Waals surface area (Å²) in [5.41, 5.74) is 6.87. The second kappa shape index (κ2) is 4.63. The lowest BCUT2D eigenvalue weighted by molar-refractivity contribution is 0.808. The Balaban J connectivity index is 2.18. The lowest BCUT2D eigenvalue weighted by Crippen LogP contribution is -2.04. The van der Waals surface area contributed by atoms with Crippen LogP contribution in [0, 0.1) is 6.92 Å². The molecule has 3 N–H and O–H groups in total. The molecule has 0 radical (unpaired) electrons. The van der Waals surface area contributed by atoms with Gasteiger partial charge in [-0.3, -0.25) is 5.10 Å². The normalized spacial score (nSPS) is 12.7. The Hall–Kier alpha value is -1.40. The number of aromatic nitrogens is 4. The van der Waals surface area contributed by atoms with E-state index in [0.29, 0.717) is 5.16 Å². The van der Waals surface area contributed by atoms with Crippen LogP contribution in [-0.2, 0) is 0 Å². The average molecular weight is 235 g/mol. The first-order valence-electron chi connectivity index (χ1n) is 4.93. The predicted octanol–water partition coefficient (Wildman–Crippen LogP) is 1.68. The highest BCUT2D eigenvalue weighted by atomic mass is 32.2. The minimum absolute atomic E-state index is 0.0104. The molecule has 16 heavy (non-hydrogen) atoms. The van der Waals surface area contributed by atoms with Crippen molar-refractivity contribution in [2.24, 2.45) is 5.73 Å². The van der Waals surface area contributed by atoms with Crippen LogP contribution >= 0.6 is 11.8 Å². The zero-order valence-electron chi connectivity index (χ0n) is 9.14. The van der Waals surface area contributed by atoms with E-state index in [2.05, 4.69) is 20.2 Å². The van der Waals surface area contributed by atoms with Crippen molar-refractivity contribution in [3.63, 3.8) is 0 Å². The van der Waals surface area contributed by atoms with E-state index >= 15 is 0 Å². The minimum atomic E-state index is 0.0104. The molecule has 0 aliphatic rings. The first-order chi connectivity index (χ1) is 7.65. The van der Waals surface area contributed by atoms with Crippen LogP contribution in [-0.4, -0.2) is 20.2 Å². The van der Waals surface area contributed by atoms with Gasteiger partial charge in [-0.25, -0.2) is 9.97 Å². The van der Waals surface area contributed by atoms with Gasteiger partial charge >= 0.3 is 0 Å². The Morgan fingerprint density at radius 1 is 1.50 bits per heavy atom. The number of nitrogens with one attached hydrogen (secondary N) is 1. The van der Waals surface area contributed by atoms with E-state index in [1.54, 1.807) is 6.20 Å². The maximum Gasteiger partial charge on any atom is 0.214 e. The fourth-order valence-electron chi connectivity index (χ4n) is 1.23. The van der Waals surface area contributed by atoms with Crippen molar-refractivity contribution in [1.82, 2.24) is 20.2 Å². The van der Waals surface area contributed by atoms with E-state index in [1.165, 1.54) is 11.8 Å². The van der Waals surface area contributed by atoms with Crippen LogP contribution in [0.5, 0.6) is 0 Å². The van der Waals surface area contributed by atoms with Gasteiger partial charge in [0.25, 0.3) is 0 Å². The summed E-state index contributed by atoms with van der Waals surface area (Å²) in [6, 6.07) is 3.88. The number of aromatic amines is 1. The predicted molar refractivity (Wildman–Crippen MR) is 62.1 cm³/mol. The van der Waals surface area contributed by atoms with Gasteiger partial charge in [-0.05, 0) is 43.3 Å². The first-order valence-corrected chi connectivity index (χ1v) is 5.75. The third-order valence-corrected chi connectivity index (χ3v) is 2.85. The van der Waals surface area contributed by atoms with Gasteiger partial charge in [0, 0.05) is 12.2 Å². The van der Waals surface area contributed by atoms with Crippen LogP contribution < -0.4 is 5.73 Å². The molecule has 84 valence electrons. The van der Waals surface area contributed by atoms with Crippen LogP contribution in [0.15, 0.2) is 28.5 Å². The minimum Gasteiger partial charge on any atom is -0.324 e. The van der Waals surface area contributed by atoms with E-state index in [-0.39, 0.29) is 6.04 Å². The van der Waals surface area contributed by atoms with Gasteiger partial charge in [-0.15, -0.1) is 5.10 Å². The summed E-state index contributed by atoms with van der Waals surface area (Å²) in [6.45, 7) is 3.81. The van der Waals surface area contributed by atoms with Crippen LogP contribution in [0.4, 0.5) is 0 Å². The number of nitrogens with zero attached hydrogens (tertiary/aromatic N) is 3. The van der Waals surface area contributed by atoms with Crippen molar-refractivity contribution < 1.29 is 0 Å². The van der Waals surface area contributed by atoms with Gasteiger partial charge < -0.3 is 5.73 Å². The third-order valence-electron chi connectivity index (χ3n) is 2.06. The zero-order chi connectivity index (χ0) is 11.5. The SMILES string of the molecule is Cc1nc(Sc2cc(C(C)N)ccn2)n[nH]1. The molecule has 0 saturated carbocycles. The van der Waals surface area contributed by atoms with Gasteiger partial charge in [0.1, 0.15) is 10.9 Å². The topological polar surface area (TPSA) is 80.5 Å². The lowest BCUT2D eigenvalue weighted by atomic mass is 10.1. The quantitative estimate of drug-likeness (QED) is 0.846. The van der Waals surface area contributed by atoms with Crippen LogP contribution in [0.2, 0.25) is 0 Å². The Bertz CT molecular complexity index is 480. The molecule has 2 rings (SSSR count). The van der Waals surface area contributed by atoms with Crippen LogP contribution in [0.1, 0.15) is 24.4 Å². The molecule has 2 heterocycles. The van der Waals surface area contributed by atoms with Gasteiger partial charge in [0.2, 0.25) is 5.16 Å². The van der Waals surface area contributed by atoms with Crippen molar-refractivity contribution in [3.8, 4) is 0 Å². The molecule has 0 amide bonds. The summed E-state index contributed by atoms with van der Waals surface area (Å²) < 4.78 is 0. The summed E-state index contributed by atoms with van der Waals surface area (Å²) in [7, 11) is 0. The smallest absolute Gasteiger partial charge is 0.214 e. The molecule has 0 spiro atoms. The molecular weight excluding hydrogens is 222 g/mol. The Kier molecular flexibility index (Phi) is 3.21. The number of hydrogen-bond donors (Lipinski definition) is 2. The van der Waals surface area contributed by atoms with E-state index in [9.17, 15) is 0 Å². The molecule has 0 aliphatic carbocycles. The summed E-state index contributed by atoms with van der Waals surface area (Å²) in [5.74, 6) is 0.797. The van der Waals surface area contributed by atoms with Gasteiger partial charge in [0.05, 0.1) is 0 Å². The maximum atomic E-state index is 5.81. The molecule has 0 aliphatic heterocycles. The number of aryl methyl sites for hydroxylation is 1. The summed E-state index contributed by atoms with van der Waals surface area (Å²) in [5, 5.41) is 8.36. The molecular formula is C10H13N5S. The van der Waals surface area contributed by atoms with Crippen molar-refractivity contribution in [2.45, 2.75) is 30.1 Å². The lowest BCUT2D eigenvalue weighted by Gasteiger charge is -2.05. The van der Waals surface area contributed by atoms with Crippen molar-refractivity contribution in [2.75, 3.05) is 0 Å². The number of hydrogen-bond acceptors (Lipinski definition) is 5. The van der Waals surface area contributed by atoms with Crippen molar-refractivity contribution in [3.05, 3.63) is 29.7 Å². The highest BCUT2D eigenvalue weighted by molar-refractivity contribution is 7.99. The van der Waals surface area contributed by atoms with Gasteiger partial charge in [-0.1, -0.05) is 0 Å². The molecule has 0 bridgehead atoms. The average Bonchev–Trinajstić information content (AvgIpc) is 2.64. The van der Waals surface area contributed by atoms with Crippen LogP contribution in [0.3, 0.4) is 0 Å². The maximum absolute atomic E-state index is 5.81. The van der Waals surface area contributed by atoms with Crippen molar-refractivity contribution in [1.29, 1.82) is 0 Å². The fraction of sp³-hybridized carbons (Fsp3) is 0.300. The number of pyridine rings is 1. The number of nitrogens with two attached hydrogens (primary N) is 1. The second-order valence-corrected chi connectivity index (χ2v) is 4.51. The Morgan fingerprint density at radius 3 is 2.94 bits per heavy atom. The molecule has 1 unspecified atom stereocenters. The summed E-state index contributed by atoms with van der Waals surface area (Å²) in [4.78, 5) is 8.45. The van der Waals surface area contributed by atoms with Crippen LogP contribution in [0.25, 0.3) is 0 Å². The molecule has 6 heteroatoms. The molecule has 0 fully saturated rings. The fourth-order valence-corrected chi connectivity index (χ4v) is 1.99. The molecule has 2 aromatic heterocycles. The summed E-state index contributed by atoms with van der Waals surface area (Å²) in [6.07, 6.45) is 1.75. The molecule has 2 aromatic rings. The van der Waals surface area contributed by atoms with Crippen molar-refractivity contribution >= 4 is 11.8 Å². The first kappa shape index (κ1) is 11.1. The highest BCUT2D eigenvalue weighted by Crippen LogP contribution is 2.24. The zero-order valence-corrected chi connectivity index (χ0v) is 9.95. The molecule has 5 nitrogen and oxygen atoms in total. The largest absolute Gasteiger partial charge is 0.324 e. The molecule has 1 atom stereocenters. The Morgan fingerprint density at radius 2 is 2.31 bits per heavy atom. The van der Waals surface area contributed by atoms with E-state index in [0.717, 1.165) is 16.4 Å². The van der Waals surface area contributed by atoms with Gasteiger partial charge in [0.15, 0.2) is 0 Å². The molecule has 0 saturated heterocycles. The second-order valence-electron chi connectivity index (χ2n) is 3.52. The van der Waals surface area contributed by atoms with E-state index < -0.39 is 0 Å². The standard InChI is InChI=1S/C10H13N5S/c1-6(11)8-3-4-12-9(5-8)16-10-13-7(2)14-15-10/h3-6H,11H2,1-2H3,(H,13,14,15). The van der Waals surface area contributed by atoms with Gasteiger partial charge in [-0.2, -0.15) is 0 Å². The summed E-state index contributed by atoms with van der Waals surface area (Å²) >= 11 is 1.42. The monoisotopic (exact) mass is 235 g/mol. The molecule has 0 aromatic carbocycles. The number of rotatable bonds is 3.